The fourth-order valence-corrected chi connectivity index (χ4v) is 2.13. The van der Waals surface area contributed by atoms with Gasteiger partial charge in [0, 0.05) is 6.20 Å². The van der Waals surface area contributed by atoms with Gasteiger partial charge in [-0.3, -0.25) is 9.89 Å². The van der Waals surface area contributed by atoms with Crippen molar-refractivity contribution in [2.45, 2.75) is 0 Å². The molecule has 5 nitrogen and oxygen atoms in total. The minimum Gasteiger partial charge on any atom is -0.506 e. The molecule has 2 heterocycles. The van der Waals surface area contributed by atoms with E-state index in [1.165, 1.54) is 4.52 Å². The van der Waals surface area contributed by atoms with Gasteiger partial charge in [-0.1, -0.05) is 30.3 Å². The Bertz CT molecular complexity index is 854. The Kier molecular flexibility index (Phi) is 2.36. The van der Waals surface area contributed by atoms with Gasteiger partial charge in [-0.15, -0.1) is 0 Å². The third kappa shape index (κ3) is 1.51. The fraction of sp³-hybridized carbons (Fsp3) is 0. The number of aromatic amines is 1. The summed E-state index contributed by atoms with van der Waals surface area (Å²) in [5.41, 5.74) is 0.759. The molecule has 2 aromatic heterocycles. The predicted molar refractivity (Wildman–Crippen MR) is 69.8 cm³/mol. The van der Waals surface area contributed by atoms with E-state index in [2.05, 4.69) is 5.10 Å². The summed E-state index contributed by atoms with van der Waals surface area (Å²) in [6, 6.07) is 12.3. The van der Waals surface area contributed by atoms with Crippen LogP contribution in [0.15, 0.2) is 47.4 Å². The number of nitrogens with one attached hydrogen (secondary N) is 1. The average molecular weight is 251 g/mol. The molecule has 3 aromatic rings. The molecule has 0 fully saturated rings. The second kappa shape index (κ2) is 4.03. The second-order valence-corrected chi connectivity index (χ2v) is 4.06. The van der Waals surface area contributed by atoms with Gasteiger partial charge in [0.1, 0.15) is 17.4 Å². The number of rotatable bonds is 1. The molecule has 0 aliphatic carbocycles. The molecule has 0 saturated carbocycles. The van der Waals surface area contributed by atoms with Crippen LogP contribution in [0.1, 0.15) is 5.56 Å². The van der Waals surface area contributed by atoms with Crippen LogP contribution in [-0.4, -0.2) is 14.7 Å². The molecular formula is C14H9N3O2. The molecule has 0 atom stereocenters. The number of aromatic nitrogens is 2. The zero-order valence-electron chi connectivity index (χ0n) is 9.79. The summed E-state index contributed by atoms with van der Waals surface area (Å²) in [5, 5.41) is 22.1. The van der Waals surface area contributed by atoms with Crippen LogP contribution in [0.25, 0.3) is 16.6 Å². The Morgan fingerprint density at radius 3 is 2.63 bits per heavy atom. The van der Waals surface area contributed by atoms with Crippen molar-refractivity contribution in [2.24, 2.45) is 0 Å². The van der Waals surface area contributed by atoms with Gasteiger partial charge in [-0.05, 0) is 11.6 Å². The number of aromatic hydroxyl groups is 1. The number of H-pyrrole nitrogens is 1. The van der Waals surface area contributed by atoms with Crippen molar-refractivity contribution in [1.82, 2.24) is 9.61 Å². The standard InChI is InChI=1S/C14H9N3O2/c15-8-10-11-6-7-16-17(11)14(19)12(13(10)18)9-4-2-1-3-5-9/h1-7,16,18H. The summed E-state index contributed by atoms with van der Waals surface area (Å²) in [6.45, 7) is 0. The minimum absolute atomic E-state index is 0.0831. The number of hydrogen-bond donors (Lipinski definition) is 2. The SMILES string of the molecule is N#Cc1c(O)c(-c2ccccc2)c(=O)n2[nH]ccc12. The molecule has 5 heteroatoms. The normalized spacial score (nSPS) is 10.5. The largest absolute Gasteiger partial charge is 0.506 e. The molecule has 2 N–H and O–H groups in total. The van der Waals surface area contributed by atoms with Crippen molar-refractivity contribution in [3.05, 3.63) is 58.5 Å². The molecule has 0 aliphatic rings. The minimum atomic E-state index is -0.386. The maximum absolute atomic E-state index is 12.3. The number of nitrogens with zero attached hydrogens (tertiary/aromatic N) is 2. The summed E-state index contributed by atoms with van der Waals surface area (Å²) >= 11 is 0. The van der Waals surface area contributed by atoms with E-state index in [9.17, 15) is 9.90 Å². The van der Waals surface area contributed by atoms with Crippen LogP contribution >= 0.6 is 0 Å². The third-order valence-electron chi connectivity index (χ3n) is 3.01. The molecule has 0 aliphatic heterocycles. The number of pyridine rings is 1. The van der Waals surface area contributed by atoms with Gasteiger partial charge < -0.3 is 5.11 Å². The molecule has 0 unspecified atom stereocenters. The lowest BCUT2D eigenvalue weighted by atomic mass is 10.0. The highest BCUT2D eigenvalue weighted by atomic mass is 16.3. The fourth-order valence-electron chi connectivity index (χ4n) is 2.13. The van der Waals surface area contributed by atoms with Gasteiger partial charge in [0.2, 0.25) is 0 Å². The van der Waals surface area contributed by atoms with E-state index in [4.69, 9.17) is 5.26 Å². The van der Waals surface area contributed by atoms with Crippen molar-refractivity contribution >= 4 is 5.52 Å². The van der Waals surface area contributed by atoms with E-state index in [1.54, 1.807) is 36.5 Å². The third-order valence-corrected chi connectivity index (χ3v) is 3.01. The summed E-state index contributed by atoms with van der Waals surface area (Å²) in [5.74, 6) is -0.279. The van der Waals surface area contributed by atoms with Crippen molar-refractivity contribution in [2.75, 3.05) is 0 Å². The lowest BCUT2D eigenvalue weighted by molar-refractivity contribution is 0.474. The Morgan fingerprint density at radius 1 is 1.21 bits per heavy atom. The molecule has 1 aromatic carbocycles. The van der Waals surface area contributed by atoms with Crippen molar-refractivity contribution < 1.29 is 5.11 Å². The number of benzene rings is 1. The van der Waals surface area contributed by atoms with Crippen LogP contribution in [0.3, 0.4) is 0 Å². The Balaban J connectivity index is 2.50. The molecule has 19 heavy (non-hydrogen) atoms. The number of nitriles is 1. The van der Waals surface area contributed by atoms with E-state index in [0.717, 1.165) is 0 Å². The Morgan fingerprint density at radius 2 is 1.95 bits per heavy atom. The van der Waals surface area contributed by atoms with Crippen molar-refractivity contribution in [3.63, 3.8) is 0 Å². The van der Waals surface area contributed by atoms with E-state index in [0.29, 0.717) is 11.1 Å². The first-order chi connectivity index (χ1) is 9.24. The van der Waals surface area contributed by atoms with E-state index in [1.807, 2.05) is 12.1 Å². The van der Waals surface area contributed by atoms with Gasteiger partial charge in [0.15, 0.2) is 0 Å². The van der Waals surface area contributed by atoms with Gasteiger partial charge in [-0.25, -0.2) is 4.52 Å². The first-order valence-corrected chi connectivity index (χ1v) is 5.64. The summed E-state index contributed by atoms with van der Waals surface area (Å²) in [7, 11) is 0. The van der Waals surface area contributed by atoms with Crippen LogP contribution in [0.5, 0.6) is 5.75 Å². The van der Waals surface area contributed by atoms with Crippen molar-refractivity contribution in [1.29, 1.82) is 5.26 Å². The van der Waals surface area contributed by atoms with Crippen LogP contribution in [0, 0.1) is 11.3 Å². The Labute approximate surface area is 108 Å². The first-order valence-electron chi connectivity index (χ1n) is 5.64. The molecule has 0 saturated heterocycles. The monoisotopic (exact) mass is 251 g/mol. The smallest absolute Gasteiger partial charge is 0.281 e. The summed E-state index contributed by atoms with van der Waals surface area (Å²) in [4.78, 5) is 12.3. The van der Waals surface area contributed by atoms with Gasteiger partial charge >= 0.3 is 0 Å². The average Bonchev–Trinajstić information content (AvgIpc) is 2.90. The quantitative estimate of drug-likeness (QED) is 0.692. The second-order valence-electron chi connectivity index (χ2n) is 4.06. The zero-order valence-corrected chi connectivity index (χ0v) is 9.79. The highest BCUT2D eigenvalue weighted by Crippen LogP contribution is 2.30. The molecule has 0 bridgehead atoms. The molecule has 0 radical (unpaired) electrons. The predicted octanol–water partition coefficient (Wildman–Crippen LogP) is 1.87. The molecule has 0 spiro atoms. The maximum Gasteiger partial charge on any atom is 0.281 e. The zero-order chi connectivity index (χ0) is 13.4. The topological polar surface area (TPSA) is 81.3 Å². The summed E-state index contributed by atoms with van der Waals surface area (Å²) in [6.07, 6.45) is 1.55. The van der Waals surface area contributed by atoms with Gasteiger partial charge in [-0.2, -0.15) is 5.26 Å². The van der Waals surface area contributed by atoms with E-state index >= 15 is 0 Å². The van der Waals surface area contributed by atoms with E-state index in [-0.39, 0.29) is 22.4 Å². The van der Waals surface area contributed by atoms with E-state index < -0.39 is 0 Å². The number of fused-ring (bicyclic) bond motifs is 1. The van der Waals surface area contributed by atoms with Crippen LogP contribution < -0.4 is 5.56 Å². The highest BCUT2D eigenvalue weighted by molar-refractivity contribution is 5.78. The maximum atomic E-state index is 12.3. The van der Waals surface area contributed by atoms with Crippen LogP contribution in [0.4, 0.5) is 0 Å². The van der Waals surface area contributed by atoms with Crippen LogP contribution in [-0.2, 0) is 0 Å². The van der Waals surface area contributed by atoms with Gasteiger partial charge in [0.25, 0.3) is 5.56 Å². The van der Waals surface area contributed by atoms with Crippen molar-refractivity contribution in [3.8, 4) is 22.9 Å². The highest BCUT2D eigenvalue weighted by Gasteiger charge is 2.18. The molecule has 3 rings (SSSR count). The molecular weight excluding hydrogens is 242 g/mol. The lowest BCUT2D eigenvalue weighted by Gasteiger charge is -2.07. The van der Waals surface area contributed by atoms with Crippen LogP contribution in [0.2, 0.25) is 0 Å². The summed E-state index contributed by atoms with van der Waals surface area (Å²) < 4.78 is 1.25. The Hall–Kier alpha value is -3.00. The molecule has 0 amide bonds. The molecule has 92 valence electrons. The number of hydrogen-bond acceptors (Lipinski definition) is 3. The first kappa shape index (κ1) is 11.1. The van der Waals surface area contributed by atoms with Gasteiger partial charge in [0.05, 0.1) is 11.1 Å². The lowest BCUT2D eigenvalue weighted by Crippen LogP contribution is -2.17.